The minimum atomic E-state index is -0.442. The molecule has 1 aromatic carbocycles. The maximum Gasteiger partial charge on any atom is 0.339 e. The van der Waals surface area contributed by atoms with Crippen molar-refractivity contribution in [3.8, 4) is 0 Å². The van der Waals surface area contributed by atoms with Gasteiger partial charge in [0.15, 0.2) is 0 Å². The molecule has 0 aliphatic rings. The predicted molar refractivity (Wildman–Crippen MR) is 128 cm³/mol. The average molecular weight is 433 g/mol. The molecule has 0 N–H and O–H groups in total. The molecule has 0 fully saturated rings. The van der Waals surface area contributed by atoms with Crippen molar-refractivity contribution in [2.45, 2.75) is 98.8 Å². The summed E-state index contributed by atoms with van der Waals surface area (Å²) in [7, 11) is 0. The summed E-state index contributed by atoms with van der Waals surface area (Å²) in [5.41, 5.74) is 1.52. The van der Waals surface area contributed by atoms with Crippen molar-refractivity contribution in [1.29, 1.82) is 0 Å². The van der Waals surface area contributed by atoms with Gasteiger partial charge in [-0.2, -0.15) is 0 Å². The van der Waals surface area contributed by atoms with Gasteiger partial charge in [0, 0.05) is 0 Å². The lowest BCUT2D eigenvalue weighted by Crippen LogP contribution is -2.15. The summed E-state index contributed by atoms with van der Waals surface area (Å²) in [5, 5.41) is 0. The second-order valence-corrected chi connectivity index (χ2v) is 9.51. The fourth-order valence-corrected chi connectivity index (χ4v) is 3.51. The van der Waals surface area contributed by atoms with Crippen LogP contribution in [0.2, 0.25) is 0 Å². The lowest BCUT2D eigenvalue weighted by molar-refractivity contribution is 0.0450. The molecule has 0 aliphatic carbocycles. The van der Waals surface area contributed by atoms with Gasteiger partial charge in [0.05, 0.1) is 24.3 Å². The Balaban J connectivity index is 2.41. The van der Waals surface area contributed by atoms with E-state index in [1.165, 1.54) is 25.7 Å². The van der Waals surface area contributed by atoms with E-state index in [0.717, 1.165) is 55.9 Å². The van der Waals surface area contributed by atoms with Crippen molar-refractivity contribution in [3.63, 3.8) is 0 Å². The molecule has 31 heavy (non-hydrogen) atoms. The Bertz CT molecular complexity index is 649. The van der Waals surface area contributed by atoms with Crippen LogP contribution >= 0.6 is 0 Å². The zero-order valence-corrected chi connectivity index (χ0v) is 20.5. The topological polar surface area (TPSA) is 52.6 Å². The van der Waals surface area contributed by atoms with Crippen LogP contribution in [0.1, 0.15) is 118 Å². The number of unbranched alkanes of at least 4 members (excludes halogenated alkanes) is 6. The predicted octanol–water partition coefficient (Wildman–Crippen LogP) is 7.52. The number of rotatable bonds is 16. The monoisotopic (exact) mass is 432 g/mol. The van der Waals surface area contributed by atoms with Gasteiger partial charge < -0.3 is 9.47 Å². The van der Waals surface area contributed by atoms with Gasteiger partial charge in [-0.3, -0.25) is 0 Å². The van der Waals surface area contributed by atoms with Crippen LogP contribution in [-0.4, -0.2) is 25.2 Å². The minimum Gasteiger partial charge on any atom is -0.462 e. The second-order valence-electron chi connectivity index (χ2n) is 9.51. The molecule has 0 heterocycles. The molecular weight excluding hydrogens is 388 g/mol. The fourth-order valence-electron chi connectivity index (χ4n) is 3.51. The minimum absolute atomic E-state index is 0.298. The van der Waals surface area contributed by atoms with Crippen LogP contribution in [-0.2, 0) is 9.47 Å². The zero-order chi connectivity index (χ0) is 23.1. The summed E-state index contributed by atoms with van der Waals surface area (Å²) < 4.78 is 10.9. The Morgan fingerprint density at radius 3 is 1.61 bits per heavy atom. The summed E-state index contributed by atoms with van der Waals surface area (Å²) in [6.07, 6.45) is 11.1. The standard InChI is InChI=1S/C27H44O4/c1-21(2)14-10-6-8-12-18-30-26(28)24-17-16-23(5)20-25(24)27(29)31-19-13-9-7-11-15-22(3)4/h16-17,20-22H,6-15,18-19H2,1-5H3. The first-order chi connectivity index (χ1) is 14.8. The van der Waals surface area contributed by atoms with Gasteiger partial charge in [-0.1, -0.05) is 90.7 Å². The van der Waals surface area contributed by atoms with Crippen LogP contribution in [0.3, 0.4) is 0 Å². The molecule has 1 rings (SSSR count). The third-order valence-corrected chi connectivity index (χ3v) is 5.43. The summed E-state index contributed by atoms with van der Waals surface area (Å²) in [4.78, 5) is 25.1. The quantitative estimate of drug-likeness (QED) is 0.200. The highest BCUT2D eigenvalue weighted by molar-refractivity contribution is 6.03. The number of esters is 2. The van der Waals surface area contributed by atoms with Gasteiger partial charge in [-0.05, 0) is 43.7 Å². The molecule has 4 heteroatoms. The molecule has 176 valence electrons. The van der Waals surface area contributed by atoms with E-state index in [-0.39, 0.29) is 0 Å². The maximum absolute atomic E-state index is 12.6. The van der Waals surface area contributed by atoms with Gasteiger partial charge in [-0.15, -0.1) is 0 Å². The molecule has 0 unspecified atom stereocenters. The first-order valence-electron chi connectivity index (χ1n) is 12.3. The molecule has 0 radical (unpaired) electrons. The fraction of sp³-hybridized carbons (Fsp3) is 0.704. The van der Waals surface area contributed by atoms with Crippen molar-refractivity contribution in [2.75, 3.05) is 13.2 Å². The average Bonchev–Trinajstić information content (AvgIpc) is 2.71. The van der Waals surface area contributed by atoms with Crippen molar-refractivity contribution in [1.82, 2.24) is 0 Å². The Morgan fingerprint density at radius 1 is 0.677 bits per heavy atom. The largest absolute Gasteiger partial charge is 0.462 e. The van der Waals surface area contributed by atoms with E-state index in [4.69, 9.17) is 9.47 Å². The smallest absolute Gasteiger partial charge is 0.339 e. The normalized spacial score (nSPS) is 11.2. The van der Waals surface area contributed by atoms with Crippen molar-refractivity contribution >= 4 is 11.9 Å². The van der Waals surface area contributed by atoms with Gasteiger partial charge >= 0.3 is 11.9 Å². The van der Waals surface area contributed by atoms with Crippen molar-refractivity contribution < 1.29 is 19.1 Å². The maximum atomic E-state index is 12.6. The highest BCUT2D eigenvalue weighted by Gasteiger charge is 2.19. The number of hydrogen-bond acceptors (Lipinski definition) is 4. The van der Waals surface area contributed by atoms with Crippen LogP contribution in [0.5, 0.6) is 0 Å². The number of carbonyl (C=O) groups is 2. The van der Waals surface area contributed by atoms with Crippen LogP contribution in [0.15, 0.2) is 18.2 Å². The SMILES string of the molecule is Cc1ccc(C(=O)OCCCCCCC(C)C)c(C(=O)OCCCCCCC(C)C)c1. The molecule has 0 saturated carbocycles. The third-order valence-electron chi connectivity index (χ3n) is 5.43. The van der Waals surface area contributed by atoms with Crippen LogP contribution in [0.25, 0.3) is 0 Å². The molecule has 0 bridgehead atoms. The Morgan fingerprint density at radius 2 is 1.13 bits per heavy atom. The van der Waals surface area contributed by atoms with E-state index >= 15 is 0 Å². The van der Waals surface area contributed by atoms with E-state index in [2.05, 4.69) is 27.7 Å². The molecule has 0 saturated heterocycles. The zero-order valence-electron chi connectivity index (χ0n) is 20.5. The number of carbonyl (C=O) groups excluding carboxylic acids is 2. The van der Waals surface area contributed by atoms with E-state index in [1.54, 1.807) is 12.1 Å². The highest BCUT2D eigenvalue weighted by Crippen LogP contribution is 2.16. The van der Waals surface area contributed by atoms with Gasteiger partial charge in [-0.25, -0.2) is 9.59 Å². The lowest BCUT2D eigenvalue weighted by Gasteiger charge is -2.11. The van der Waals surface area contributed by atoms with Gasteiger partial charge in [0.1, 0.15) is 0 Å². The van der Waals surface area contributed by atoms with Crippen LogP contribution in [0.4, 0.5) is 0 Å². The highest BCUT2D eigenvalue weighted by atomic mass is 16.5. The van der Waals surface area contributed by atoms with Gasteiger partial charge in [0.25, 0.3) is 0 Å². The summed E-state index contributed by atoms with van der Waals surface area (Å²) in [5.74, 6) is 0.596. The molecule has 0 spiro atoms. The van der Waals surface area contributed by atoms with E-state index in [1.807, 2.05) is 13.0 Å². The molecule has 4 nitrogen and oxygen atoms in total. The second kappa shape index (κ2) is 15.9. The van der Waals surface area contributed by atoms with Crippen LogP contribution < -0.4 is 0 Å². The number of aryl methyl sites for hydroxylation is 1. The number of benzene rings is 1. The Labute approximate surface area is 190 Å². The van der Waals surface area contributed by atoms with Crippen molar-refractivity contribution in [2.24, 2.45) is 11.8 Å². The Kier molecular flexibility index (Phi) is 13.9. The summed E-state index contributed by atoms with van der Waals surface area (Å²) in [6, 6.07) is 5.21. The molecule has 1 aromatic rings. The Hall–Kier alpha value is -1.84. The summed E-state index contributed by atoms with van der Waals surface area (Å²) in [6.45, 7) is 11.6. The molecule has 0 aromatic heterocycles. The molecule has 0 atom stereocenters. The van der Waals surface area contributed by atoms with E-state index < -0.39 is 11.9 Å². The number of ether oxygens (including phenoxy) is 2. The van der Waals surface area contributed by atoms with Crippen LogP contribution in [0, 0.1) is 18.8 Å². The summed E-state index contributed by atoms with van der Waals surface area (Å²) >= 11 is 0. The van der Waals surface area contributed by atoms with Gasteiger partial charge in [0.2, 0.25) is 0 Å². The third kappa shape index (κ3) is 12.6. The molecular formula is C27H44O4. The van der Waals surface area contributed by atoms with Crippen molar-refractivity contribution in [3.05, 3.63) is 34.9 Å². The van der Waals surface area contributed by atoms with E-state index in [0.29, 0.717) is 24.3 Å². The lowest BCUT2D eigenvalue weighted by atomic mass is 10.0. The van der Waals surface area contributed by atoms with E-state index in [9.17, 15) is 9.59 Å². The number of hydrogen-bond donors (Lipinski definition) is 0. The molecule has 0 aliphatic heterocycles. The first kappa shape index (κ1) is 27.2. The first-order valence-corrected chi connectivity index (χ1v) is 12.3. The molecule has 0 amide bonds.